The molecule has 0 aromatic heterocycles. The van der Waals surface area contributed by atoms with Gasteiger partial charge in [-0.15, -0.1) is 0 Å². The first kappa shape index (κ1) is 68.4. The Morgan fingerprint density at radius 1 is 0.507 bits per heavy atom. The first-order chi connectivity index (χ1) is 34.5. The third-order valence-corrected chi connectivity index (χ3v) is 13.5. The zero-order chi connectivity index (χ0) is 52.0. The molecular formula is C62H111N2O6P. The van der Waals surface area contributed by atoms with E-state index in [9.17, 15) is 19.4 Å². The number of likely N-dealkylation sites (N-methyl/N-ethyl adjacent to an activating group) is 1. The molecule has 0 aliphatic carbocycles. The largest absolute Gasteiger partial charge is 0.756 e. The van der Waals surface area contributed by atoms with Crippen LogP contribution in [0.25, 0.3) is 0 Å². The second kappa shape index (κ2) is 52.3. The number of allylic oxidation sites excluding steroid dienone is 15. The molecule has 71 heavy (non-hydrogen) atoms. The van der Waals surface area contributed by atoms with Crippen molar-refractivity contribution in [3.8, 4) is 0 Å². The number of hydrogen-bond acceptors (Lipinski definition) is 6. The number of hydrogen-bond donors (Lipinski definition) is 2. The lowest BCUT2D eigenvalue weighted by Crippen LogP contribution is -2.45. The average Bonchev–Trinajstić information content (AvgIpc) is 3.33. The molecule has 0 saturated heterocycles. The SMILES string of the molecule is CC/C=C\C/C=C\C/C=C\C/C=C\C/C=C\C/C=C\CCCCCCCCCCCCCCCCCCCCCCCCC(=O)NC(COP(=O)([O-])OCC[N+](C)(C)C)C(O)/C=C/CC/C=C/CCCC. The molecule has 2 N–H and O–H groups in total. The van der Waals surface area contributed by atoms with Crippen molar-refractivity contribution in [3.63, 3.8) is 0 Å². The van der Waals surface area contributed by atoms with Gasteiger partial charge in [0, 0.05) is 6.42 Å². The lowest BCUT2D eigenvalue weighted by Gasteiger charge is -2.29. The molecule has 0 bridgehead atoms. The number of unbranched alkanes of at least 4 members (excludes halogenated alkanes) is 25. The summed E-state index contributed by atoms with van der Waals surface area (Å²) in [5.74, 6) is -0.211. The molecule has 0 fully saturated rings. The van der Waals surface area contributed by atoms with Crippen LogP contribution >= 0.6 is 7.82 Å². The fourth-order valence-corrected chi connectivity index (χ4v) is 8.71. The van der Waals surface area contributed by atoms with Gasteiger partial charge in [0.1, 0.15) is 13.2 Å². The van der Waals surface area contributed by atoms with Gasteiger partial charge in [0.15, 0.2) is 0 Å². The van der Waals surface area contributed by atoms with Crippen LogP contribution in [-0.4, -0.2) is 68.5 Å². The number of quaternary nitrogens is 1. The van der Waals surface area contributed by atoms with Gasteiger partial charge in [-0.25, -0.2) is 0 Å². The van der Waals surface area contributed by atoms with Gasteiger partial charge in [-0.05, 0) is 77.0 Å². The molecular weight excluding hydrogens is 900 g/mol. The molecule has 3 unspecified atom stereocenters. The van der Waals surface area contributed by atoms with Crippen LogP contribution in [0.5, 0.6) is 0 Å². The molecule has 0 aliphatic heterocycles. The van der Waals surface area contributed by atoms with E-state index >= 15 is 0 Å². The molecule has 0 aromatic carbocycles. The Bertz CT molecular complexity index is 1470. The maximum absolute atomic E-state index is 12.9. The molecule has 9 heteroatoms. The second-order valence-corrected chi connectivity index (χ2v) is 22.0. The zero-order valence-corrected chi connectivity index (χ0v) is 47.5. The summed E-state index contributed by atoms with van der Waals surface area (Å²) < 4.78 is 23.2. The van der Waals surface area contributed by atoms with Crippen molar-refractivity contribution in [2.45, 2.75) is 251 Å². The fraction of sp³-hybridized carbons (Fsp3) is 0.726. The quantitative estimate of drug-likeness (QED) is 0.0272. The number of nitrogens with one attached hydrogen (secondary N) is 1. The summed E-state index contributed by atoms with van der Waals surface area (Å²) in [5, 5.41) is 13.7. The summed E-state index contributed by atoms with van der Waals surface area (Å²) in [6.45, 7) is 4.43. The normalized spacial score (nSPS) is 14.6. The Morgan fingerprint density at radius 3 is 1.31 bits per heavy atom. The van der Waals surface area contributed by atoms with E-state index in [-0.39, 0.29) is 12.5 Å². The smallest absolute Gasteiger partial charge is 0.268 e. The Balaban J connectivity index is 3.81. The number of rotatable bonds is 52. The van der Waals surface area contributed by atoms with Gasteiger partial charge < -0.3 is 28.8 Å². The summed E-state index contributed by atoms with van der Waals surface area (Å²) in [6, 6.07) is -0.902. The fourth-order valence-electron chi connectivity index (χ4n) is 7.98. The van der Waals surface area contributed by atoms with Crippen LogP contribution < -0.4 is 10.2 Å². The van der Waals surface area contributed by atoms with Crippen LogP contribution in [0.4, 0.5) is 0 Å². The molecule has 0 spiro atoms. The predicted octanol–water partition coefficient (Wildman–Crippen LogP) is 17.2. The van der Waals surface area contributed by atoms with Crippen LogP contribution in [-0.2, 0) is 18.4 Å². The minimum atomic E-state index is -4.59. The Morgan fingerprint density at radius 2 is 0.873 bits per heavy atom. The number of amides is 1. The van der Waals surface area contributed by atoms with Gasteiger partial charge >= 0.3 is 0 Å². The highest BCUT2D eigenvalue weighted by atomic mass is 31.2. The van der Waals surface area contributed by atoms with Crippen molar-refractivity contribution in [3.05, 3.63) is 97.2 Å². The molecule has 0 aromatic rings. The van der Waals surface area contributed by atoms with Crippen molar-refractivity contribution in [2.75, 3.05) is 40.9 Å². The van der Waals surface area contributed by atoms with E-state index in [1.54, 1.807) is 6.08 Å². The van der Waals surface area contributed by atoms with Gasteiger partial charge in [-0.2, -0.15) is 0 Å². The maximum atomic E-state index is 12.9. The number of carbonyl (C=O) groups excluding carboxylic acids is 1. The van der Waals surface area contributed by atoms with E-state index in [2.05, 4.69) is 104 Å². The van der Waals surface area contributed by atoms with Crippen LogP contribution in [0.3, 0.4) is 0 Å². The summed E-state index contributed by atoms with van der Waals surface area (Å²) in [7, 11) is 1.24. The average molecular weight is 1010 g/mol. The van der Waals surface area contributed by atoms with E-state index in [0.717, 1.165) is 77.0 Å². The number of carbonyl (C=O) groups is 1. The first-order valence-electron chi connectivity index (χ1n) is 29.1. The van der Waals surface area contributed by atoms with Crippen molar-refractivity contribution in [1.82, 2.24) is 5.32 Å². The van der Waals surface area contributed by atoms with Crippen molar-refractivity contribution < 1.29 is 32.9 Å². The van der Waals surface area contributed by atoms with Gasteiger partial charge in [-0.3, -0.25) is 9.36 Å². The first-order valence-corrected chi connectivity index (χ1v) is 30.6. The van der Waals surface area contributed by atoms with Gasteiger partial charge in [0.25, 0.3) is 7.82 Å². The molecule has 0 rings (SSSR count). The zero-order valence-electron chi connectivity index (χ0n) is 46.6. The molecule has 0 aliphatic rings. The number of phosphoric acid groups is 1. The topological polar surface area (TPSA) is 108 Å². The monoisotopic (exact) mass is 1010 g/mol. The Kier molecular flexibility index (Phi) is 50.4. The highest BCUT2D eigenvalue weighted by Gasteiger charge is 2.23. The van der Waals surface area contributed by atoms with Crippen LogP contribution in [0, 0.1) is 0 Å². The minimum absolute atomic E-state index is 0.00837. The molecule has 8 nitrogen and oxygen atoms in total. The van der Waals surface area contributed by atoms with E-state index in [0.29, 0.717) is 17.4 Å². The third kappa shape index (κ3) is 55.0. The molecule has 410 valence electrons. The van der Waals surface area contributed by atoms with E-state index in [1.165, 1.54) is 141 Å². The van der Waals surface area contributed by atoms with Gasteiger partial charge in [0.05, 0.1) is 39.9 Å². The second-order valence-electron chi connectivity index (χ2n) is 20.6. The lowest BCUT2D eigenvalue weighted by molar-refractivity contribution is -0.870. The Hall–Kier alpha value is -2.58. The summed E-state index contributed by atoms with van der Waals surface area (Å²) in [6.07, 6.45) is 75.4. The number of aliphatic hydroxyl groups excluding tert-OH is 1. The van der Waals surface area contributed by atoms with Crippen molar-refractivity contribution in [1.29, 1.82) is 0 Å². The summed E-state index contributed by atoms with van der Waals surface area (Å²) >= 11 is 0. The lowest BCUT2D eigenvalue weighted by atomic mass is 10.0. The molecule has 0 heterocycles. The molecule has 0 saturated carbocycles. The van der Waals surface area contributed by atoms with E-state index in [1.807, 2.05) is 27.2 Å². The minimum Gasteiger partial charge on any atom is -0.756 e. The van der Waals surface area contributed by atoms with Crippen molar-refractivity contribution >= 4 is 13.7 Å². The predicted molar refractivity (Wildman–Crippen MR) is 306 cm³/mol. The van der Waals surface area contributed by atoms with Crippen LogP contribution in [0.2, 0.25) is 0 Å². The van der Waals surface area contributed by atoms with Crippen LogP contribution in [0.1, 0.15) is 239 Å². The van der Waals surface area contributed by atoms with Gasteiger partial charge in [-0.1, -0.05) is 252 Å². The third-order valence-electron chi connectivity index (χ3n) is 12.5. The summed E-state index contributed by atoms with van der Waals surface area (Å²) in [5.41, 5.74) is 0. The number of nitrogens with zero attached hydrogens (tertiary/aromatic N) is 1. The Labute approximate surface area is 439 Å². The van der Waals surface area contributed by atoms with E-state index in [4.69, 9.17) is 9.05 Å². The number of aliphatic hydroxyl groups is 1. The molecule has 3 atom stereocenters. The van der Waals surface area contributed by atoms with Crippen molar-refractivity contribution in [2.24, 2.45) is 0 Å². The summed E-state index contributed by atoms with van der Waals surface area (Å²) in [4.78, 5) is 25.3. The molecule has 1 amide bonds. The van der Waals surface area contributed by atoms with Gasteiger partial charge in [0.2, 0.25) is 5.91 Å². The highest BCUT2D eigenvalue weighted by Crippen LogP contribution is 2.38. The highest BCUT2D eigenvalue weighted by molar-refractivity contribution is 7.45. The molecule has 0 radical (unpaired) electrons. The van der Waals surface area contributed by atoms with Crippen LogP contribution in [0.15, 0.2) is 97.2 Å². The van der Waals surface area contributed by atoms with E-state index < -0.39 is 26.6 Å². The standard InChI is InChI=1S/C62H111N2O6P/c1-6-8-10-12-14-16-17-18-19-20-21-22-23-24-25-26-27-28-29-30-31-32-33-34-35-36-37-38-39-40-41-42-43-44-45-46-47-48-50-52-54-56-62(66)63-60(59-70-71(67,68)69-58-57-64(3,4)5)61(65)55-53-51-49-15-13-11-9-7-2/h8,10,13-16,18-19,21-22,24-25,27-28,53,55,60-61,65H,6-7,9,11-12,17,20,23,26,29-52,54,56-59H2,1-5H3,(H-,63,66,67,68)/b10-8-,15-13+,16-14-,19-18-,22-21-,25-24-,28-27-,55-53+. The maximum Gasteiger partial charge on any atom is 0.268 e. The number of phosphoric ester groups is 1.